The topological polar surface area (TPSA) is 42.7 Å². The van der Waals surface area contributed by atoms with Crippen LogP contribution in [0.25, 0.3) is 0 Å². The lowest BCUT2D eigenvalue weighted by Gasteiger charge is -2.21. The van der Waals surface area contributed by atoms with E-state index in [2.05, 4.69) is 18.7 Å². The Morgan fingerprint density at radius 2 is 2.20 bits per heavy atom. The molecular formula is C16H25NO3. The number of rotatable bonds is 7. The van der Waals surface area contributed by atoms with Crippen molar-refractivity contribution >= 4 is 5.97 Å². The monoisotopic (exact) mass is 279 g/mol. The van der Waals surface area contributed by atoms with E-state index in [9.17, 15) is 4.79 Å². The summed E-state index contributed by atoms with van der Waals surface area (Å²) in [7, 11) is 1.40. The number of carbonyl (C=O) groups is 1. The van der Waals surface area contributed by atoms with E-state index in [0.717, 1.165) is 18.8 Å². The second-order valence-electron chi connectivity index (χ2n) is 6.06. The predicted molar refractivity (Wildman–Crippen MR) is 77.7 cm³/mol. The number of furan rings is 1. The first-order valence-electron chi connectivity index (χ1n) is 7.43. The lowest BCUT2D eigenvalue weighted by molar-refractivity contribution is 0.0599. The molecule has 1 saturated carbocycles. The summed E-state index contributed by atoms with van der Waals surface area (Å²) >= 11 is 0. The van der Waals surface area contributed by atoms with Crippen LogP contribution in [0.2, 0.25) is 0 Å². The van der Waals surface area contributed by atoms with E-state index in [0.29, 0.717) is 23.3 Å². The number of methoxy groups -OCH3 is 1. The highest BCUT2D eigenvalue weighted by Crippen LogP contribution is 2.29. The largest absolute Gasteiger partial charge is 0.465 e. The highest BCUT2D eigenvalue weighted by molar-refractivity contribution is 5.90. The Kier molecular flexibility index (Phi) is 4.86. The number of hydrogen-bond acceptors (Lipinski definition) is 4. The quantitative estimate of drug-likeness (QED) is 0.718. The third kappa shape index (κ3) is 3.85. The Morgan fingerprint density at radius 1 is 1.50 bits per heavy atom. The van der Waals surface area contributed by atoms with Crippen LogP contribution in [-0.4, -0.2) is 30.6 Å². The summed E-state index contributed by atoms with van der Waals surface area (Å²) in [6, 6.07) is 2.52. The van der Waals surface area contributed by atoms with Crippen LogP contribution < -0.4 is 0 Å². The van der Waals surface area contributed by atoms with Crippen LogP contribution in [0.4, 0.5) is 0 Å². The van der Waals surface area contributed by atoms with Crippen molar-refractivity contribution in [2.45, 2.75) is 52.6 Å². The van der Waals surface area contributed by atoms with Gasteiger partial charge in [-0.1, -0.05) is 13.8 Å². The normalized spacial score (nSPS) is 15.1. The predicted octanol–water partition coefficient (Wildman–Crippen LogP) is 3.39. The average Bonchev–Trinajstić information content (AvgIpc) is 3.17. The van der Waals surface area contributed by atoms with Gasteiger partial charge in [0.15, 0.2) is 0 Å². The van der Waals surface area contributed by atoms with Crippen LogP contribution in [0.1, 0.15) is 55.0 Å². The van der Waals surface area contributed by atoms with E-state index in [-0.39, 0.29) is 5.97 Å². The zero-order valence-corrected chi connectivity index (χ0v) is 12.9. The summed E-state index contributed by atoms with van der Waals surface area (Å²) in [6.07, 6.45) is 3.75. The molecule has 1 heterocycles. The van der Waals surface area contributed by atoms with Gasteiger partial charge in [-0.2, -0.15) is 0 Å². The van der Waals surface area contributed by atoms with Gasteiger partial charge in [-0.05, 0) is 44.7 Å². The van der Waals surface area contributed by atoms with E-state index in [4.69, 9.17) is 9.15 Å². The van der Waals surface area contributed by atoms with Gasteiger partial charge in [-0.25, -0.2) is 4.79 Å². The zero-order valence-electron chi connectivity index (χ0n) is 12.9. The Bertz CT molecular complexity index is 460. The molecule has 1 aliphatic carbocycles. The van der Waals surface area contributed by atoms with Gasteiger partial charge in [0.1, 0.15) is 17.1 Å². The Hall–Kier alpha value is -1.29. The van der Waals surface area contributed by atoms with Crippen LogP contribution in [0, 0.1) is 12.8 Å². The van der Waals surface area contributed by atoms with Crippen LogP contribution in [0.5, 0.6) is 0 Å². The van der Waals surface area contributed by atoms with E-state index in [1.54, 1.807) is 0 Å². The van der Waals surface area contributed by atoms with Gasteiger partial charge >= 0.3 is 5.97 Å². The average molecular weight is 279 g/mol. The standard InChI is InChI=1S/C16H25NO3/c1-11(2)7-8-17(13-5-6-13)10-14-9-15(12(3)20-14)16(18)19-4/h9,11,13H,5-8,10H2,1-4H3. The zero-order chi connectivity index (χ0) is 14.7. The maximum Gasteiger partial charge on any atom is 0.341 e. The van der Waals surface area contributed by atoms with Crippen LogP contribution in [0.15, 0.2) is 10.5 Å². The molecular weight excluding hydrogens is 254 g/mol. The second-order valence-corrected chi connectivity index (χ2v) is 6.06. The van der Waals surface area contributed by atoms with Gasteiger partial charge < -0.3 is 9.15 Å². The number of hydrogen-bond donors (Lipinski definition) is 0. The van der Waals surface area contributed by atoms with Gasteiger partial charge in [0.2, 0.25) is 0 Å². The van der Waals surface area contributed by atoms with Gasteiger partial charge in [-0.3, -0.25) is 4.90 Å². The number of nitrogens with zero attached hydrogens (tertiary/aromatic N) is 1. The summed E-state index contributed by atoms with van der Waals surface area (Å²) in [5.41, 5.74) is 0.544. The van der Waals surface area contributed by atoms with Crippen LogP contribution in [0.3, 0.4) is 0 Å². The molecule has 4 heteroatoms. The van der Waals surface area contributed by atoms with Crippen molar-refractivity contribution in [2.75, 3.05) is 13.7 Å². The van der Waals surface area contributed by atoms with Gasteiger partial charge in [-0.15, -0.1) is 0 Å². The number of esters is 1. The molecule has 20 heavy (non-hydrogen) atoms. The van der Waals surface area contributed by atoms with Crippen molar-refractivity contribution < 1.29 is 13.9 Å². The first kappa shape index (κ1) is 15.1. The first-order chi connectivity index (χ1) is 9.51. The number of carbonyl (C=O) groups excluding carboxylic acids is 1. The van der Waals surface area contributed by atoms with Crippen molar-refractivity contribution in [2.24, 2.45) is 5.92 Å². The fraction of sp³-hybridized carbons (Fsp3) is 0.688. The molecule has 0 unspecified atom stereocenters. The maximum atomic E-state index is 11.6. The first-order valence-corrected chi connectivity index (χ1v) is 7.43. The molecule has 1 aromatic heterocycles. The molecule has 0 spiro atoms. The summed E-state index contributed by atoms with van der Waals surface area (Å²) < 4.78 is 10.5. The van der Waals surface area contributed by atoms with Crippen LogP contribution in [-0.2, 0) is 11.3 Å². The molecule has 1 aliphatic rings. The minimum atomic E-state index is -0.322. The summed E-state index contributed by atoms with van der Waals surface area (Å²) in [4.78, 5) is 14.1. The van der Waals surface area contributed by atoms with E-state index in [1.165, 1.54) is 26.4 Å². The molecule has 0 N–H and O–H groups in total. The van der Waals surface area contributed by atoms with Gasteiger partial charge in [0.05, 0.1) is 13.7 Å². The Balaban J connectivity index is 2.01. The highest BCUT2D eigenvalue weighted by atomic mass is 16.5. The Morgan fingerprint density at radius 3 is 2.75 bits per heavy atom. The molecule has 0 aliphatic heterocycles. The summed E-state index contributed by atoms with van der Waals surface area (Å²) in [5, 5.41) is 0. The molecule has 0 bridgehead atoms. The fourth-order valence-corrected chi connectivity index (χ4v) is 2.39. The van der Waals surface area contributed by atoms with Crippen molar-refractivity contribution in [1.82, 2.24) is 4.90 Å². The SMILES string of the molecule is COC(=O)c1cc(CN(CCC(C)C)C2CC2)oc1C. The summed E-state index contributed by atoms with van der Waals surface area (Å²) in [6.45, 7) is 8.19. The van der Waals surface area contributed by atoms with E-state index < -0.39 is 0 Å². The minimum Gasteiger partial charge on any atom is -0.465 e. The molecule has 0 radical (unpaired) electrons. The summed E-state index contributed by atoms with van der Waals surface area (Å²) in [5.74, 6) is 1.89. The molecule has 0 saturated heterocycles. The molecule has 2 rings (SSSR count). The number of aryl methyl sites for hydroxylation is 1. The molecule has 0 atom stereocenters. The lowest BCUT2D eigenvalue weighted by Crippen LogP contribution is -2.27. The second kappa shape index (κ2) is 6.44. The molecule has 0 aromatic carbocycles. The van der Waals surface area contributed by atoms with Gasteiger partial charge in [0.25, 0.3) is 0 Å². The maximum absolute atomic E-state index is 11.6. The third-order valence-corrected chi connectivity index (χ3v) is 3.79. The fourth-order valence-electron chi connectivity index (χ4n) is 2.39. The Labute approximate surface area is 121 Å². The molecule has 1 aromatic rings. The smallest absolute Gasteiger partial charge is 0.341 e. The van der Waals surface area contributed by atoms with E-state index >= 15 is 0 Å². The van der Waals surface area contributed by atoms with E-state index in [1.807, 2.05) is 13.0 Å². The third-order valence-electron chi connectivity index (χ3n) is 3.79. The molecule has 4 nitrogen and oxygen atoms in total. The van der Waals surface area contributed by atoms with Crippen molar-refractivity contribution in [3.63, 3.8) is 0 Å². The van der Waals surface area contributed by atoms with Crippen LogP contribution >= 0.6 is 0 Å². The number of ether oxygens (including phenoxy) is 1. The van der Waals surface area contributed by atoms with Gasteiger partial charge in [0, 0.05) is 6.04 Å². The molecule has 0 amide bonds. The van der Waals surface area contributed by atoms with Crippen molar-refractivity contribution in [3.05, 3.63) is 23.2 Å². The molecule has 112 valence electrons. The minimum absolute atomic E-state index is 0.322. The highest BCUT2D eigenvalue weighted by Gasteiger charge is 2.29. The van der Waals surface area contributed by atoms with Crippen molar-refractivity contribution in [3.8, 4) is 0 Å². The van der Waals surface area contributed by atoms with Crippen molar-refractivity contribution in [1.29, 1.82) is 0 Å². The molecule has 1 fully saturated rings. The lowest BCUT2D eigenvalue weighted by atomic mass is 10.1.